The molecule has 0 fully saturated rings. The number of rotatable bonds is 6. The third kappa shape index (κ3) is 3.11. The van der Waals surface area contributed by atoms with Gasteiger partial charge in [0, 0.05) is 13.1 Å². The molecule has 2 N–H and O–H groups in total. The minimum absolute atomic E-state index is 0.000187. The molecule has 5 nitrogen and oxygen atoms in total. The lowest BCUT2D eigenvalue weighted by molar-refractivity contribution is -0.126. The van der Waals surface area contributed by atoms with Gasteiger partial charge in [0.05, 0.1) is 18.9 Å². The first-order chi connectivity index (χ1) is 9.67. The Bertz CT molecular complexity index is 476. The van der Waals surface area contributed by atoms with Crippen molar-refractivity contribution in [1.82, 2.24) is 0 Å². The number of ether oxygens (including phenoxy) is 2. The third-order valence-electron chi connectivity index (χ3n) is 3.31. The van der Waals surface area contributed by atoms with Crippen molar-refractivity contribution in [1.29, 1.82) is 0 Å². The fourth-order valence-corrected chi connectivity index (χ4v) is 2.26. The van der Waals surface area contributed by atoms with E-state index in [1.807, 2.05) is 32.0 Å². The number of hydrogen-bond acceptors (Lipinski definition) is 4. The van der Waals surface area contributed by atoms with Gasteiger partial charge in [-0.05, 0) is 31.0 Å². The van der Waals surface area contributed by atoms with Crippen LogP contribution in [0.5, 0.6) is 5.75 Å². The van der Waals surface area contributed by atoms with Gasteiger partial charge in [0.15, 0.2) is 6.10 Å². The molecule has 0 saturated heterocycles. The summed E-state index contributed by atoms with van der Waals surface area (Å²) in [5, 5.41) is 0. The Labute approximate surface area is 119 Å². The van der Waals surface area contributed by atoms with E-state index in [1.165, 1.54) is 0 Å². The first-order valence-electron chi connectivity index (χ1n) is 7.04. The number of anilines is 1. The quantitative estimate of drug-likeness (QED) is 0.800. The van der Waals surface area contributed by atoms with Crippen LogP contribution in [-0.4, -0.2) is 38.3 Å². The van der Waals surface area contributed by atoms with Gasteiger partial charge in [0.2, 0.25) is 0 Å². The summed E-state index contributed by atoms with van der Waals surface area (Å²) in [6.45, 7) is 5.96. The van der Waals surface area contributed by atoms with Crippen LogP contribution in [0.25, 0.3) is 0 Å². The lowest BCUT2D eigenvalue weighted by Crippen LogP contribution is -2.47. The predicted octanol–water partition coefficient (Wildman–Crippen LogP) is 1.47. The molecule has 1 atom stereocenters. The molecule has 0 aromatic heterocycles. The molecule has 0 bridgehead atoms. The fourth-order valence-electron chi connectivity index (χ4n) is 2.26. The van der Waals surface area contributed by atoms with Gasteiger partial charge in [-0.3, -0.25) is 4.79 Å². The van der Waals surface area contributed by atoms with Crippen LogP contribution in [0.1, 0.15) is 18.9 Å². The van der Waals surface area contributed by atoms with Crippen molar-refractivity contribution >= 4 is 11.6 Å². The summed E-state index contributed by atoms with van der Waals surface area (Å²) < 4.78 is 11.2. The van der Waals surface area contributed by atoms with Gasteiger partial charge >= 0.3 is 0 Å². The van der Waals surface area contributed by atoms with Gasteiger partial charge in [0.25, 0.3) is 5.91 Å². The highest BCUT2D eigenvalue weighted by molar-refractivity contribution is 6.00. The number of carbonyl (C=O) groups excluding carboxylic acids is 1. The molecule has 1 aliphatic heterocycles. The molecular weight excluding hydrogens is 256 g/mol. The Kier molecular flexibility index (Phi) is 4.98. The topological polar surface area (TPSA) is 64.8 Å². The van der Waals surface area contributed by atoms with Gasteiger partial charge in [-0.1, -0.05) is 13.0 Å². The van der Waals surface area contributed by atoms with E-state index in [0.717, 1.165) is 17.0 Å². The first kappa shape index (κ1) is 14.8. The summed E-state index contributed by atoms with van der Waals surface area (Å²) in [4.78, 5) is 14.1. The van der Waals surface area contributed by atoms with Crippen LogP contribution >= 0.6 is 0 Å². The zero-order chi connectivity index (χ0) is 14.5. The zero-order valence-electron chi connectivity index (χ0n) is 12.1. The molecule has 0 saturated carbocycles. The minimum Gasteiger partial charge on any atom is -0.478 e. The van der Waals surface area contributed by atoms with E-state index in [4.69, 9.17) is 15.2 Å². The summed E-state index contributed by atoms with van der Waals surface area (Å²) in [6, 6.07) is 5.88. The molecule has 1 amide bonds. The maximum Gasteiger partial charge on any atom is 0.268 e. The molecule has 1 aliphatic rings. The number of fused-ring (bicyclic) bond motifs is 1. The number of hydrogen-bond donors (Lipinski definition) is 1. The van der Waals surface area contributed by atoms with Crippen molar-refractivity contribution in [3.05, 3.63) is 23.8 Å². The lowest BCUT2D eigenvalue weighted by atomic mass is 10.1. The van der Waals surface area contributed by atoms with Gasteiger partial charge in [-0.2, -0.15) is 0 Å². The third-order valence-corrected chi connectivity index (χ3v) is 3.31. The van der Waals surface area contributed by atoms with Crippen LogP contribution in [0.3, 0.4) is 0 Å². The number of aryl methyl sites for hydroxylation is 1. The Hall–Kier alpha value is -1.59. The van der Waals surface area contributed by atoms with Crippen LogP contribution in [0.15, 0.2) is 18.2 Å². The second-order valence-corrected chi connectivity index (χ2v) is 4.88. The summed E-state index contributed by atoms with van der Waals surface area (Å²) in [6.07, 6.45) is 0.255. The van der Waals surface area contributed by atoms with Crippen molar-refractivity contribution in [3.63, 3.8) is 0 Å². The van der Waals surface area contributed by atoms with Gasteiger partial charge in [-0.15, -0.1) is 0 Å². The molecule has 0 aliphatic carbocycles. The molecule has 0 spiro atoms. The molecule has 110 valence electrons. The molecule has 0 radical (unpaired) electrons. The molecule has 1 unspecified atom stereocenters. The van der Waals surface area contributed by atoms with Gasteiger partial charge < -0.3 is 20.1 Å². The number of nitrogens with two attached hydrogens (primary N) is 1. The second kappa shape index (κ2) is 6.72. The molecule has 1 aromatic carbocycles. The predicted molar refractivity (Wildman–Crippen MR) is 78.1 cm³/mol. The van der Waals surface area contributed by atoms with E-state index in [-0.39, 0.29) is 5.91 Å². The summed E-state index contributed by atoms with van der Waals surface area (Å²) in [5.74, 6) is 0.774. The summed E-state index contributed by atoms with van der Waals surface area (Å²) in [5.41, 5.74) is 7.33. The highest BCUT2D eigenvalue weighted by atomic mass is 16.5. The smallest absolute Gasteiger partial charge is 0.268 e. The maximum atomic E-state index is 12.4. The van der Waals surface area contributed by atoms with E-state index < -0.39 is 6.10 Å². The maximum absolute atomic E-state index is 12.4. The molecule has 1 heterocycles. The molecule has 2 rings (SSSR count). The summed E-state index contributed by atoms with van der Waals surface area (Å²) in [7, 11) is 0. The fraction of sp³-hybridized carbons (Fsp3) is 0.533. The number of nitrogens with zero attached hydrogens (tertiary/aromatic N) is 1. The van der Waals surface area contributed by atoms with E-state index in [0.29, 0.717) is 32.7 Å². The largest absolute Gasteiger partial charge is 0.478 e. The van der Waals surface area contributed by atoms with Gasteiger partial charge in [0.1, 0.15) is 5.75 Å². The van der Waals surface area contributed by atoms with Crippen LogP contribution in [0.2, 0.25) is 0 Å². The lowest BCUT2D eigenvalue weighted by Gasteiger charge is -2.34. The first-order valence-corrected chi connectivity index (χ1v) is 7.04. The van der Waals surface area contributed by atoms with Crippen molar-refractivity contribution in [2.75, 3.05) is 31.2 Å². The molecule has 5 heteroatoms. The second-order valence-electron chi connectivity index (χ2n) is 4.88. The van der Waals surface area contributed by atoms with Crippen molar-refractivity contribution in [2.24, 2.45) is 5.73 Å². The van der Waals surface area contributed by atoms with E-state index in [2.05, 4.69) is 0 Å². The Morgan fingerprint density at radius 1 is 1.40 bits per heavy atom. The monoisotopic (exact) mass is 278 g/mol. The Balaban J connectivity index is 2.17. The number of amides is 1. The van der Waals surface area contributed by atoms with E-state index >= 15 is 0 Å². The molecular formula is C15H22N2O3. The molecule has 20 heavy (non-hydrogen) atoms. The van der Waals surface area contributed by atoms with Crippen LogP contribution in [0.4, 0.5) is 5.69 Å². The van der Waals surface area contributed by atoms with Gasteiger partial charge in [-0.25, -0.2) is 0 Å². The van der Waals surface area contributed by atoms with Crippen molar-refractivity contribution < 1.29 is 14.3 Å². The standard InChI is InChI=1S/C15H22N2O3/c1-3-13-15(18)17(7-9-19-8-6-16)12-5-4-11(2)10-14(12)20-13/h4-5,10,13H,3,6-9,16H2,1-2H3. The normalized spacial score (nSPS) is 17.9. The number of benzene rings is 1. The number of carbonyl (C=O) groups is 1. The average Bonchev–Trinajstić information content (AvgIpc) is 2.45. The van der Waals surface area contributed by atoms with Crippen molar-refractivity contribution in [2.45, 2.75) is 26.4 Å². The van der Waals surface area contributed by atoms with E-state index in [1.54, 1.807) is 4.90 Å². The minimum atomic E-state index is -0.404. The average molecular weight is 278 g/mol. The zero-order valence-corrected chi connectivity index (χ0v) is 12.1. The van der Waals surface area contributed by atoms with Crippen molar-refractivity contribution in [3.8, 4) is 5.75 Å². The Morgan fingerprint density at radius 2 is 2.20 bits per heavy atom. The van der Waals surface area contributed by atoms with E-state index in [9.17, 15) is 4.79 Å². The van der Waals surface area contributed by atoms with Crippen LogP contribution in [-0.2, 0) is 9.53 Å². The Morgan fingerprint density at radius 3 is 2.90 bits per heavy atom. The summed E-state index contributed by atoms with van der Waals surface area (Å²) >= 11 is 0. The molecule has 1 aromatic rings. The highest BCUT2D eigenvalue weighted by Gasteiger charge is 2.32. The highest BCUT2D eigenvalue weighted by Crippen LogP contribution is 2.35. The van der Waals surface area contributed by atoms with Crippen LogP contribution in [0, 0.1) is 6.92 Å². The van der Waals surface area contributed by atoms with Crippen LogP contribution < -0.4 is 15.4 Å². The SMILES string of the molecule is CCC1Oc2cc(C)ccc2N(CCOCCN)C1=O.